The Kier molecular flexibility index (Phi) is 5.94. The number of hydrogen-bond acceptors (Lipinski definition) is 4. The minimum Gasteiger partial charge on any atom is -0.373 e. The highest BCUT2D eigenvalue weighted by atomic mass is 16.5. The van der Waals surface area contributed by atoms with E-state index in [1.165, 1.54) is 12.8 Å². The fraction of sp³-hybridized carbons (Fsp3) is 0.944. The van der Waals surface area contributed by atoms with Crippen LogP contribution in [0.4, 0.5) is 0 Å². The van der Waals surface area contributed by atoms with Crippen molar-refractivity contribution < 1.29 is 14.3 Å². The Hall–Kier alpha value is -0.650. The first-order valence-corrected chi connectivity index (χ1v) is 9.40. The van der Waals surface area contributed by atoms with Gasteiger partial charge in [-0.3, -0.25) is 9.69 Å². The average Bonchev–Trinajstić information content (AvgIpc) is 3.15. The van der Waals surface area contributed by atoms with Crippen molar-refractivity contribution in [1.82, 2.24) is 9.80 Å². The normalized spacial score (nSPS) is 33.5. The van der Waals surface area contributed by atoms with Gasteiger partial charge in [-0.2, -0.15) is 0 Å². The Bertz CT molecular complexity index is 388. The standard InChI is InChI=1S/C18H32N2O3/c1-14-10-19(11-15(2)23-14)12-16-6-5-9-20(16)18(21)13-22-17-7-3-4-8-17/h14-17H,3-13H2,1-2H3/t14-,15-,16+/m1/s1. The van der Waals surface area contributed by atoms with Gasteiger partial charge in [-0.25, -0.2) is 0 Å². The molecule has 132 valence electrons. The van der Waals surface area contributed by atoms with E-state index in [0.29, 0.717) is 12.1 Å². The molecule has 3 rings (SSSR count). The molecule has 1 amide bonds. The van der Waals surface area contributed by atoms with Crippen LogP contribution in [-0.2, 0) is 14.3 Å². The highest BCUT2D eigenvalue weighted by Gasteiger charge is 2.32. The number of carbonyl (C=O) groups excluding carboxylic acids is 1. The number of ether oxygens (including phenoxy) is 2. The van der Waals surface area contributed by atoms with Crippen LogP contribution >= 0.6 is 0 Å². The zero-order valence-corrected chi connectivity index (χ0v) is 14.7. The number of hydrogen-bond donors (Lipinski definition) is 0. The lowest BCUT2D eigenvalue weighted by Crippen LogP contribution is -2.51. The van der Waals surface area contributed by atoms with Crippen LogP contribution in [0, 0.1) is 0 Å². The molecule has 0 spiro atoms. The molecule has 2 heterocycles. The van der Waals surface area contributed by atoms with Gasteiger partial charge in [0, 0.05) is 32.2 Å². The van der Waals surface area contributed by atoms with E-state index in [2.05, 4.69) is 23.6 Å². The lowest BCUT2D eigenvalue weighted by atomic mass is 10.1. The number of nitrogens with zero attached hydrogens (tertiary/aromatic N) is 2. The maximum Gasteiger partial charge on any atom is 0.248 e. The molecule has 5 nitrogen and oxygen atoms in total. The van der Waals surface area contributed by atoms with Crippen molar-refractivity contribution in [3.8, 4) is 0 Å². The van der Waals surface area contributed by atoms with Crippen LogP contribution in [-0.4, -0.2) is 72.8 Å². The van der Waals surface area contributed by atoms with Crippen molar-refractivity contribution in [1.29, 1.82) is 0 Å². The van der Waals surface area contributed by atoms with Crippen LogP contribution in [0.25, 0.3) is 0 Å². The van der Waals surface area contributed by atoms with E-state index in [9.17, 15) is 4.79 Å². The minimum atomic E-state index is 0.189. The van der Waals surface area contributed by atoms with Crippen LogP contribution in [0.1, 0.15) is 52.4 Å². The fourth-order valence-electron chi connectivity index (χ4n) is 4.41. The molecular weight excluding hydrogens is 292 g/mol. The van der Waals surface area contributed by atoms with E-state index in [4.69, 9.17) is 9.47 Å². The maximum atomic E-state index is 12.5. The Labute approximate surface area is 140 Å². The number of carbonyl (C=O) groups is 1. The Morgan fingerprint density at radius 1 is 1.09 bits per heavy atom. The molecule has 3 aliphatic rings. The number of rotatable bonds is 5. The fourth-order valence-corrected chi connectivity index (χ4v) is 4.41. The molecule has 23 heavy (non-hydrogen) atoms. The van der Waals surface area contributed by atoms with Crippen LogP contribution in [0.2, 0.25) is 0 Å². The van der Waals surface area contributed by atoms with Gasteiger partial charge in [-0.1, -0.05) is 12.8 Å². The van der Waals surface area contributed by atoms with Gasteiger partial charge in [0.1, 0.15) is 6.61 Å². The zero-order valence-electron chi connectivity index (χ0n) is 14.7. The Morgan fingerprint density at radius 2 is 1.78 bits per heavy atom. The highest BCUT2D eigenvalue weighted by molar-refractivity contribution is 5.78. The lowest BCUT2D eigenvalue weighted by molar-refractivity contribution is -0.139. The lowest BCUT2D eigenvalue weighted by Gasteiger charge is -2.38. The molecular formula is C18H32N2O3. The average molecular weight is 324 g/mol. The molecule has 0 aromatic heterocycles. The molecule has 3 atom stereocenters. The van der Waals surface area contributed by atoms with E-state index in [1.54, 1.807) is 0 Å². The van der Waals surface area contributed by atoms with Crippen molar-refractivity contribution in [2.45, 2.75) is 76.7 Å². The predicted molar refractivity (Wildman–Crippen MR) is 89.4 cm³/mol. The van der Waals surface area contributed by atoms with Gasteiger partial charge in [0.15, 0.2) is 0 Å². The third-order valence-corrected chi connectivity index (χ3v) is 5.41. The molecule has 0 radical (unpaired) electrons. The summed E-state index contributed by atoms with van der Waals surface area (Å²) in [4.78, 5) is 17.1. The number of amides is 1. The molecule has 2 aliphatic heterocycles. The summed E-state index contributed by atoms with van der Waals surface area (Å²) >= 11 is 0. The largest absolute Gasteiger partial charge is 0.373 e. The topological polar surface area (TPSA) is 42.0 Å². The van der Waals surface area contributed by atoms with Gasteiger partial charge < -0.3 is 14.4 Å². The molecule has 0 unspecified atom stereocenters. The van der Waals surface area contributed by atoms with Gasteiger partial charge in [0.25, 0.3) is 0 Å². The van der Waals surface area contributed by atoms with Crippen molar-refractivity contribution in [3.05, 3.63) is 0 Å². The number of likely N-dealkylation sites (tertiary alicyclic amines) is 1. The van der Waals surface area contributed by atoms with Crippen molar-refractivity contribution in [3.63, 3.8) is 0 Å². The summed E-state index contributed by atoms with van der Waals surface area (Å²) in [6.45, 7) is 8.37. The third kappa shape index (κ3) is 4.68. The van der Waals surface area contributed by atoms with E-state index in [1.807, 2.05) is 0 Å². The van der Waals surface area contributed by atoms with Crippen LogP contribution < -0.4 is 0 Å². The zero-order chi connectivity index (χ0) is 16.2. The first-order chi connectivity index (χ1) is 11.1. The third-order valence-electron chi connectivity index (χ3n) is 5.41. The van der Waals surface area contributed by atoms with Gasteiger partial charge in [-0.15, -0.1) is 0 Å². The Balaban J connectivity index is 1.47. The molecule has 2 saturated heterocycles. The van der Waals surface area contributed by atoms with Crippen LogP contribution in [0.3, 0.4) is 0 Å². The molecule has 0 aromatic rings. The second-order valence-electron chi connectivity index (χ2n) is 7.58. The van der Waals surface area contributed by atoms with Crippen LogP contribution in [0.5, 0.6) is 0 Å². The summed E-state index contributed by atoms with van der Waals surface area (Å²) in [5.74, 6) is 0.189. The summed E-state index contributed by atoms with van der Waals surface area (Å²) in [7, 11) is 0. The van der Waals surface area contributed by atoms with Gasteiger partial charge in [0.2, 0.25) is 5.91 Å². The summed E-state index contributed by atoms with van der Waals surface area (Å²) in [6, 6.07) is 0.354. The molecule has 0 N–H and O–H groups in total. The summed E-state index contributed by atoms with van der Waals surface area (Å²) in [5.41, 5.74) is 0. The molecule has 5 heteroatoms. The molecule has 1 saturated carbocycles. The van der Waals surface area contributed by atoms with Gasteiger partial charge in [0.05, 0.1) is 18.3 Å². The van der Waals surface area contributed by atoms with Crippen LogP contribution in [0.15, 0.2) is 0 Å². The van der Waals surface area contributed by atoms with Crippen molar-refractivity contribution >= 4 is 5.91 Å². The summed E-state index contributed by atoms with van der Waals surface area (Å²) in [6.07, 6.45) is 7.88. The second kappa shape index (κ2) is 7.95. The summed E-state index contributed by atoms with van der Waals surface area (Å²) < 4.78 is 11.6. The van der Waals surface area contributed by atoms with E-state index in [-0.39, 0.29) is 24.7 Å². The van der Waals surface area contributed by atoms with Crippen molar-refractivity contribution in [2.75, 3.05) is 32.8 Å². The van der Waals surface area contributed by atoms with E-state index < -0.39 is 0 Å². The molecule has 3 fully saturated rings. The van der Waals surface area contributed by atoms with E-state index >= 15 is 0 Å². The predicted octanol–water partition coefficient (Wildman–Crippen LogP) is 2.05. The number of morpholine rings is 1. The first kappa shape index (κ1) is 17.2. The van der Waals surface area contributed by atoms with Crippen molar-refractivity contribution in [2.24, 2.45) is 0 Å². The molecule has 0 bridgehead atoms. The van der Waals surface area contributed by atoms with Gasteiger partial charge >= 0.3 is 0 Å². The molecule has 0 aromatic carbocycles. The highest BCUT2D eigenvalue weighted by Crippen LogP contribution is 2.23. The van der Waals surface area contributed by atoms with Gasteiger partial charge in [-0.05, 0) is 39.5 Å². The smallest absolute Gasteiger partial charge is 0.248 e. The minimum absolute atomic E-state index is 0.189. The maximum absolute atomic E-state index is 12.5. The Morgan fingerprint density at radius 3 is 2.48 bits per heavy atom. The quantitative estimate of drug-likeness (QED) is 0.776. The monoisotopic (exact) mass is 324 g/mol. The second-order valence-corrected chi connectivity index (χ2v) is 7.58. The SMILES string of the molecule is C[C@@H]1CN(C[C@@H]2CCCN2C(=O)COC2CCCC2)C[C@@H](C)O1. The van der Waals surface area contributed by atoms with E-state index in [0.717, 1.165) is 51.9 Å². The summed E-state index contributed by atoms with van der Waals surface area (Å²) in [5, 5.41) is 0. The first-order valence-electron chi connectivity index (χ1n) is 9.40. The molecule has 1 aliphatic carbocycles.